The van der Waals surface area contributed by atoms with Crippen molar-refractivity contribution in [2.75, 3.05) is 28.5 Å². The first-order chi connectivity index (χ1) is 14.3. The van der Waals surface area contributed by atoms with Crippen LogP contribution in [0.3, 0.4) is 0 Å². The number of hydrogen-bond donors (Lipinski definition) is 1. The van der Waals surface area contributed by atoms with Crippen molar-refractivity contribution in [2.45, 2.75) is 20.0 Å². The monoisotopic (exact) mass is 452 g/mol. The molecule has 10 heteroatoms. The van der Waals surface area contributed by atoms with Crippen molar-refractivity contribution in [1.29, 1.82) is 0 Å². The van der Waals surface area contributed by atoms with Gasteiger partial charge in [-0.05, 0) is 44.2 Å². The molecule has 1 heterocycles. The van der Waals surface area contributed by atoms with E-state index in [0.717, 1.165) is 0 Å². The predicted molar refractivity (Wildman–Crippen MR) is 114 cm³/mol. The third-order valence-corrected chi connectivity index (χ3v) is 6.53. The van der Waals surface area contributed by atoms with E-state index in [1.165, 1.54) is 29.4 Å². The maximum Gasteiger partial charge on any atom is 0.339 e. The maximum absolute atomic E-state index is 12.8. The van der Waals surface area contributed by atoms with Gasteiger partial charge in [0.05, 0.1) is 35.2 Å². The van der Waals surface area contributed by atoms with Gasteiger partial charge < -0.3 is 14.8 Å². The second-order valence-corrected chi connectivity index (χ2v) is 9.00. The van der Waals surface area contributed by atoms with E-state index < -0.39 is 28.0 Å². The van der Waals surface area contributed by atoms with Crippen molar-refractivity contribution >= 4 is 44.9 Å². The molecule has 0 spiro atoms. The molecule has 0 aliphatic carbocycles. The molecule has 1 atom stereocenters. The largest absolute Gasteiger partial charge is 0.476 e. The van der Waals surface area contributed by atoms with Crippen molar-refractivity contribution in [3.63, 3.8) is 0 Å². The van der Waals surface area contributed by atoms with Crippen LogP contribution in [0, 0.1) is 0 Å². The summed E-state index contributed by atoms with van der Waals surface area (Å²) in [7, 11) is -3.61. The molecule has 0 aromatic heterocycles. The fourth-order valence-electron chi connectivity index (χ4n) is 2.95. The Balaban J connectivity index is 1.84. The Hall–Kier alpha value is -2.78. The number of carbonyl (C=O) groups excluding carboxylic acids is 2. The molecular weight excluding hydrogens is 432 g/mol. The zero-order chi connectivity index (χ0) is 21.9. The Kier molecular flexibility index (Phi) is 6.52. The van der Waals surface area contributed by atoms with Gasteiger partial charge in [-0.25, -0.2) is 13.2 Å². The third kappa shape index (κ3) is 4.52. The van der Waals surface area contributed by atoms with Crippen LogP contribution in [-0.2, 0) is 19.6 Å². The van der Waals surface area contributed by atoms with E-state index >= 15 is 0 Å². The number of carbonyl (C=O) groups is 2. The van der Waals surface area contributed by atoms with Crippen LogP contribution >= 0.6 is 11.6 Å². The number of halogens is 1. The summed E-state index contributed by atoms with van der Waals surface area (Å²) >= 11 is 6.04. The van der Waals surface area contributed by atoms with Gasteiger partial charge in [-0.15, -0.1) is 0 Å². The minimum atomic E-state index is -3.61. The molecule has 1 amide bonds. The van der Waals surface area contributed by atoms with Gasteiger partial charge in [-0.2, -0.15) is 0 Å². The number of rotatable bonds is 6. The molecule has 0 saturated carbocycles. The fourth-order valence-corrected chi connectivity index (χ4v) is 4.27. The maximum atomic E-state index is 12.8. The number of benzene rings is 2. The number of anilines is 2. The van der Waals surface area contributed by atoms with Crippen molar-refractivity contribution < 1.29 is 27.5 Å². The molecule has 2 aromatic carbocycles. The van der Waals surface area contributed by atoms with Crippen molar-refractivity contribution in [3.05, 3.63) is 53.1 Å². The Morgan fingerprint density at radius 2 is 1.97 bits per heavy atom. The van der Waals surface area contributed by atoms with E-state index in [1.807, 2.05) is 0 Å². The number of para-hydroxylation sites is 2. The van der Waals surface area contributed by atoms with Crippen LogP contribution in [0.25, 0.3) is 0 Å². The molecule has 160 valence electrons. The Morgan fingerprint density at radius 3 is 2.67 bits per heavy atom. The van der Waals surface area contributed by atoms with E-state index in [2.05, 4.69) is 5.32 Å². The molecule has 0 unspecified atom stereocenters. The van der Waals surface area contributed by atoms with Gasteiger partial charge in [0.15, 0.2) is 6.10 Å². The highest BCUT2D eigenvalue weighted by Crippen LogP contribution is 2.35. The van der Waals surface area contributed by atoms with E-state index in [9.17, 15) is 18.0 Å². The van der Waals surface area contributed by atoms with Gasteiger partial charge in [0.2, 0.25) is 10.0 Å². The number of fused-ring (bicyclic) bond motifs is 1. The van der Waals surface area contributed by atoms with E-state index in [4.69, 9.17) is 21.1 Å². The van der Waals surface area contributed by atoms with Crippen LogP contribution in [0.4, 0.5) is 11.4 Å². The van der Waals surface area contributed by atoms with E-state index in [1.54, 1.807) is 31.2 Å². The summed E-state index contributed by atoms with van der Waals surface area (Å²) in [5.41, 5.74) is 0.806. The number of nitrogens with zero attached hydrogens (tertiary/aromatic N) is 1. The molecule has 30 heavy (non-hydrogen) atoms. The number of esters is 1. The number of sulfonamides is 1. The molecule has 3 rings (SSSR count). The Morgan fingerprint density at radius 1 is 1.23 bits per heavy atom. The number of hydrogen-bond acceptors (Lipinski definition) is 6. The molecule has 8 nitrogen and oxygen atoms in total. The predicted octanol–water partition coefficient (Wildman–Crippen LogP) is 3.07. The summed E-state index contributed by atoms with van der Waals surface area (Å²) in [6.45, 7) is 3.22. The van der Waals surface area contributed by atoms with Gasteiger partial charge in [0.1, 0.15) is 5.75 Å². The van der Waals surface area contributed by atoms with Gasteiger partial charge in [-0.3, -0.25) is 9.10 Å². The Bertz CT molecular complexity index is 1070. The fraction of sp³-hybridized carbons (Fsp3) is 0.300. The highest BCUT2D eigenvalue weighted by molar-refractivity contribution is 7.92. The lowest BCUT2D eigenvalue weighted by Gasteiger charge is -2.34. The standard InChI is InChI=1S/C20H21ClN2O6S/c1-3-28-20(25)14-11-13(9-10-15(14)21)22-19(24)18-12-23(30(26,27)4-2)16-7-5-6-8-17(16)29-18/h5-11,18H,3-4,12H2,1-2H3,(H,22,24)/t18-/m1/s1. The smallest absolute Gasteiger partial charge is 0.339 e. The topological polar surface area (TPSA) is 102 Å². The highest BCUT2D eigenvalue weighted by atomic mass is 35.5. The van der Waals surface area contributed by atoms with Gasteiger partial charge >= 0.3 is 5.97 Å². The summed E-state index contributed by atoms with van der Waals surface area (Å²) in [6.07, 6.45) is -1.08. The number of ether oxygens (including phenoxy) is 2. The molecule has 0 radical (unpaired) electrons. The summed E-state index contributed by atoms with van der Waals surface area (Å²) in [4.78, 5) is 24.8. The van der Waals surface area contributed by atoms with Crippen LogP contribution in [-0.4, -0.2) is 45.3 Å². The first-order valence-corrected chi connectivity index (χ1v) is 11.3. The molecule has 1 N–H and O–H groups in total. The Labute approximate surface area is 179 Å². The van der Waals surface area contributed by atoms with E-state index in [-0.39, 0.29) is 29.5 Å². The molecule has 0 saturated heterocycles. The third-order valence-electron chi connectivity index (χ3n) is 4.46. The van der Waals surface area contributed by atoms with Gasteiger partial charge in [-0.1, -0.05) is 23.7 Å². The summed E-state index contributed by atoms with van der Waals surface area (Å²) in [5.74, 6) is -0.987. The quantitative estimate of drug-likeness (QED) is 0.676. The average Bonchev–Trinajstić information content (AvgIpc) is 2.74. The van der Waals surface area contributed by atoms with Crippen LogP contribution in [0.5, 0.6) is 5.75 Å². The van der Waals surface area contributed by atoms with Crippen LogP contribution in [0.1, 0.15) is 24.2 Å². The first kappa shape index (κ1) is 21.9. The first-order valence-electron chi connectivity index (χ1n) is 9.30. The molecule has 0 fully saturated rings. The summed E-state index contributed by atoms with van der Waals surface area (Å²) in [5, 5.41) is 2.83. The lowest BCUT2D eigenvalue weighted by Crippen LogP contribution is -2.49. The van der Waals surface area contributed by atoms with Gasteiger partial charge in [0, 0.05) is 5.69 Å². The lowest BCUT2D eigenvalue weighted by molar-refractivity contribution is -0.122. The molecule has 1 aliphatic heterocycles. The second-order valence-electron chi connectivity index (χ2n) is 6.41. The van der Waals surface area contributed by atoms with E-state index in [0.29, 0.717) is 17.1 Å². The molecule has 2 aromatic rings. The minimum Gasteiger partial charge on any atom is -0.476 e. The number of nitrogens with one attached hydrogen (secondary N) is 1. The van der Waals surface area contributed by atoms with Crippen LogP contribution in [0.2, 0.25) is 5.02 Å². The minimum absolute atomic E-state index is 0.112. The lowest BCUT2D eigenvalue weighted by atomic mass is 10.2. The molecule has 0 bridgehead atoms. The summed E-state index contributed by atoms with van der Waals surface area (Å²) < 4.78 is 36.9. The number of amides is 1. The van der Waals surface area contributed by atoms with Crippen molar-refractivity contribution in [3.8, 4) is 5.75 Å². The normalized spacial score (nSPS) is 15.7. The van der Waals surface area contributed by atoms with Crippen molar-refractivity contribution in [1.82, 2.24) is 0 Å². The second kappa shape index (κ2) is 8.93. The molecule has 1 aliphatic rings. The zero-order valence-corrected chi connectivity index (χ0v) is 18.0. The van der Waals surface area contributed by atoms with Crippen LogP contribution in [0.15, 0.2) is 42.5 Å². The SMILES string of the molecule is CCOC(=O)c1cc(NC(=O)[C@H]2CN(S(=O)(=O)CC)c3ccccc3O2)ccc1Cl. The zero-order valence-electron chi connectivity index (χ0n) is 16.4. The average molecular weight is 453 g/mol. The summed E-state index contributed by atoms with van der Waals surface area (Å²) in [6, 6.07) is 11.0. The van der Waals surface area contributed by atoms with Gasteiger partial charge in [0.25, 0.3) is 5.91 Å². The highest BCUT2D eigenvalue weighted by Gasteiger charge is 2.36. The van der Waals surface area contributed by atoms with Crippen LogP contribution < -0.4 is 14.4 Å². The van der Waals surface area contributed by atoms with Crippen molar-refractivity contribution in [2.24, 2.45) is 0 Å². The molecular formula is C20H21ClN2O6S.